The predicted octanol–water partition coefficient (Wildman–Crippen LogP) is 3.02. The molecule has 1 fully saturated rings. The maximum absolute atomic E-state index is 13.0. The number of benzene rings is 1. The lowest BCUT2D eigenvalue weighted by Crippen LogP contribution is -2.44. The van der Waals surface area contributed by atoms with Crippen molar-refractivity contribution in [1.82, 2.24) is 29.7 Å². The van der Waals surface area contributed by atoms with Crippen LogP contribution in [0.25, 0.3) is 11.2 Å². The van der Waals surface area contributed by atoms with E-state index in [2.05, 4.69) is 61.0 Å². The predicted molar refractivity (Wildman–Crippen MR) is 134 cm³/mol. The van der Waals surface area contributed by atoms with Gasteiger partial charge in [-0.1, -0.05) is 36.8 Å². The maximum Gasteiger partial charge on any atom is 0.224 e. The van der Waals surface area contributed by atoms with Crippen LogP contribution < -0.4 is 10.2 Å². The van der Waals surface area contributed by atoms with Crippen molar-refractivity contribution in [3.8, 4) is 0 Å². The zero-order chi connectivity index (χ0) is 23.3. The highest BCUT2D eigenvalue weighted by atomic mass is 16.1. The minimum atomic E-state index is -0.0290. The Balaban J connectivity index is 1.19. The van der Waals surface area contributed by atoms with Gasteiger partial charge < -0.3 is 19.7 Å². The standard InChI is InChI=1S/C26H35N7O/c1-31(17-20-9-4-2-5-10-20)16-13-27-26(34)21-11-8-14-32(18-21)24-23-25(29-19-28-24)33-15-7-3-6-12-22(33)30-23/h2,4-5,9-10,19,21H,3,6-8,11-18H2,1H3,(H,27,34)/t21-/m0/s1. The van der Waals surface area contributed by atoms with Crippen LogP contribution in [0.5, 0.6) is 0 Å². The molecule has 34 heavy (non-hydrogen) atoms. The normalized spacial score (nSPS) is 18.6. The maximum atomic E-state index is 13.0. The first-order valence-corrected chi connectivity index (χ1v) is 12.6. The highest BCUT2D eigenvalue weighted by Gasteiger charge is 2.29. The molecule has 5 rings (SSSR count). The van der Waals surface area contributed by atoms with E-state index >= 15 is 0 Å². The van der Waals surface area contributed by atoms with Crippen molar-refractivity contribution in [2.24, 2.45) is 5.92 Å². The minimum Gasteiger partial charge on any atom is -0.355 e. The summed E-state index contributed by atoms with van der Waals surface area (Å²) in [6.45, 7) is 4.92. The molecular weight excluding hydrogens is 426 g/mol. The molecule has 0 spiro atoms. The van der Waals surface area contributed by atoms with Crippen molar-refractivity contribution in [3.05, 3.63) is 48.0 Å². The third kappa shape index (κ3) is 5.06. The van der Waals surface area contributed by atoms with Crippen molar-refractivity contribution in [2.45, 2.75) is 51.6 Å². The Bertz CT molecular complexity index is 1110. The Morgan fingerprint density at radius 1 is 1.12 bits per heavy atom. The van der Waals surface area contributed by atoms with E-state index < -0.39 is 0 Å². The fourth-order valence-corrected chi connectivity index (χ4v) is 5.23. The first-order chi connectivity index (χ1) is 16.7. The number of fused-ring (bicyclic) bond motifs is 3. The van der Waals surface area contributed by atoms with E-state index in [0.717, 1.165) is 68.2 Å². The van der Waals surface area contributed by atoms with Gasteiger partial charge in [0, 0.05) is 45.7 Å². The summed E-state index contributed by atoms with van der Waals surface area (Å²) in [7, 11) is 2.09. The summed E-state index contributed by atoms with van der Waals surface area (Å²) in [6, 6.07) is 10.4. The number of likely N-dealkylation sites (N-methyl/N-ethyl adjacent to an activating group) is 1. The Labute approximate surface area is 201 Å². The van der Waals surface area contributed by atoms with Gasteiger partial charge >= 0.3 is 0 Å². The van der Waals surface area contributed by atoms with Gasteiger partial charge in [-0.2, -0.15) is 0 Å². The number of nitrogens with one attached hydrogen (secondary N) is 1. The topological polar surface area (TPSA) is 79.2 Å². The van der Waals surface area contributed by atoms with Crippen molar-refractivity contribution in [2.75, 3.05) is 38.1 Å². The summed E-state index contributed by atoms with van der Waals surface area (Å²) in [5.41, 5.74) is 3.12. The number of aromatic nitrogens is 4. The summed E-state index contributed by atoms with van der Waals surface area (Å²) in [6.07, 6.45) is 8.14. The molecule has 1 aromatic carbocycles. The molecule has 2 aliphatic rings. The Morgan fingerprint density at radius 3 is 2.88 bits per heavy atom. The molecule has 8 heteroatoms. The number of rotatable bonds is 7. The molecule has 0 radical (unpaired) electrons. The van der Waals surface area contributed by atoms with Crippen molar-refractivity contribution >= 4 is 22.9 Å². The van der Waals surface area contributed by atoms with Gasteiger partial charge in [-0.25, -0.2) is 15.0 Å². The first-order valence-electron chi connectivity index (χ1n) is 12.6. The summed E-state index contributed by atoms with van der Waals surface area (Å²) in [5, 5.41) is 3.17. The van der Waals surface area contributed by atoms with E-state index in [-0.39, 0.29) is 11.8 Å². The number of amides is 1. The van der Waals surface area contributed by atoms with Crippen LogP contribution in [0.4, 0.5) is 5.82 Å². The third-order valence-electron chi connectivity index (χ3n) is 7.05. The Morgan fingerprint density at radius 2 is 2.00 bits per heavy atom. The van der Waals surface area contributed by atoms with E-state index in [0.29, 0.717) is 13.1 Å². The summed E-state index contributed by atoms with van der Waals surface area (Å²) in [4.78, 5) is 31.6. The average Bonchev–Trinajstić information content (AvgIpc) is 3.05. The van der Waals surface area contributed by atoms with Gasteiger partial charge in [0.1, 0.15) is 12.2 Å². The van der Waals surface area contributed by atoms with Crippen LogP contribution in [-0.4, -0.2) is 63.6 Å². The van der Waals surface area contributed by atoms with Gasteiger partial charge in [0.05, 0.1) is 5.92 Å². The second-order valence-electron chi connectivity index (χ2n) is 9.66. The quantitative estimate of drug-likeness (QED) is 0.583. The van der Waals surface area contributed by atoms with Crippen LogP contribution in [0.15, 0.2) is 36.7 Å². The van der Waals surface area contributed by atoms with Gasteiger partial charge in [0.2, 0.25) is 5.91 Å². The van der Waals surface area contributed by atoms with E-state index in [1.54, 1.807) is 6.33 Å². The van der Waals surface area contributed by atoms with Gasteiger partial charge in [0.15, 0.2) is 17.0 Å². The van der Waals surface area contributed by atoms with E-state index in [4.69, 9.17) is 4.98 Å². The zero-order valence-corrected chi connectivity index (χ0v) is 20.1. The molecule has 0 saturated carbocycles. The molecule has 4 heterocycles. The van der Waals surface area contributed by atoms with Gasteiger partial charge in [-0.3, -0.25) is 4.79 Å². The van der Waals surface area contributed by atoms with Crippen LogP contribution in [-0.2, 0) is 24.3 Å². The number of imidazole rings is 1. The fraction of sp³-hybridized carbons (Fsp3) is 0.538. The highest BCUT2D eigenvalue weighted by Crippen LogP contribution is 2.29. The Hall–Kier alpha value is -3.00. The van der Waals surface area contributed by atoms with Crippen LogP contribution >= 0.6 is 0 Å². The van der Waals surface area contributed by atoms with E-state index in [1.165, 1.54) is 24.8 Å². The number of carbonyl (C=O) groups excluding carboxylic acids is 1. The molecule has 0 unspecified atom stereocenters. The summed E-state index contributed by atoms with van der Waals surface area (Å²) < 4.78 is 2.27. The molecule has 8 nitrogen and oxygen atoms in total. The minimum absolute atomic E-state index is 0.0290. The number of hydrogen-bond acceptors (Lipinski definition) is 6. The highest BCUT2D eigenvalue weighted by molar-refractivity contribution is 5.85. The lowest BCUT2D eigenvalue weighted by atomic mass is 9.97. The molecule has 0 bridgehead atoms. The van der Waals surface area contributed by atoms with Gasteiger partial charge in [0.25, 0.3) is 0 Å². The molecule has 0 aliphatic carbocycles. The largest absolute Gasteiger partial charge is 0.355 e. The van der Waals surface area contributed by atoms with Crippen LogP contribution in [0, 0.1) is 5.92 Å². The molecule has 1 amide bonds. The molecule has 1 atom stereocenters. The van der Waals surface area contributed by atoms with E-state index in [9.17, 15) is 4.79 Å². The summed E-state index contributed by atoms with van der Waals surface area (Å²) in [5.74, 6) is 2.12. The third-order valence-corrected chi connectivity index (χ3v) is 7.05. The van der Waals surface area contributed by atoms with Gasteiger partial charge in [-0.05, 0) is 38.3 Å². The SMILES string of the molecule is CN(CCNC(=O)[C@H]1CCCN(c2ncnc3c2nc2n3CCCCC2)C1)Cc1ccccc1. The van der Waals surface area contributed by atoms with Crippen molar-refractivity contribution in [3.63, 3.8) is 0 Å². The summed E-state index contributed by atoms with van der Waals surface area (Å²) >= 11 is 0. The van der Waals surface area contributed by atoms with Crippen molar-refractivity contribution < 1.29 is 4.79 Å². The molecule has 3 aromatic rings. The molecule has 1 saturated heterocycles. The number of nitrogens with zero attached hydrogens (tertiary/aromatic N) is 6. The second-order valence-corrected chi connectivity index (χ2v) is 9.66. The Kier molecular flexibility index (Phi) is 7.04. The van der Waals surface area contributed by atoms with Crippen LogP contribution in [0.3, 0.4) is 0 Å². The molecule has 1 N–H and O–H groups in total. The lowest BCUT2D eigenvalue weighted by molar-refractivity contribution is -0.125. The van der Waals surface area contributed by atoms with Crippen LogP contribution in [0.1, 0.15) is 43.5 Å². The second kappa shape index (κ2) is 10.5. The smallest absolute Gasteiger partial charge is 0.224 e. The fourth-order valence-electron chi connectivity index (χ4n) is 5.23. The molecular formula is C26H35N7O. The number of carbonyl (C=O) groups is 1. The average molecular weight is 462 g/mol. The lowest BCUT2D eigenvalue weighted by Gasteiger charge is -2.33. The molecule has 2 aromatic heterocycles. The monoisotopic (exact) mass is 461 g/mol. The number of aryl methyl sites for hydroxylation is 2. The van der Waals surface area contributed by atoms with E-state index in [1.807, 2.05) is 6.07 Å². The number of anilines is 1. The first kappa shape index (κ1) is 22.8. The number of piperidine rings is 1. The van der Waals surface area contributed by atoms with Crippen LogP contribution in [0.2, 0.25) is 0 Å². The number of hydrogen-bond donors (Lipinski definition) is 1. The van der Waals surface area contributed by atoms with Gasteiger partial charge in [-0.15, -0.1) is 0 Å². The zero-order valence-electron chi connectivity index (χ0n) is 20.1. The van der Waals surface area contributed by atoms with Crippen molar-refractivity contribution in [1.29, 1.82) is 0 Å². The molecule has 2 aliphatic heterocycles. The molecule has 180 valence electrons.